The summed E-state index contributed by atoms with van der Waals surface area (Å²) in [5.41, 5.74) is 0. The second-order valence-electron chi connectivity index (χ2n) is 6.46. The van der Waals surface area contributed by atoms with E-state index in [2.05, 4.69) is 20.2 Å². The number of benzene rings is 1. The molecular weight excluding hydrogens is 346 g/mol. The minimum absolute atomic E-state index is 0.695. The van der Waals surface area contributed by atoms with Crippen LogP contribution in [0.2, 0.25) is 0 Å². The SMILES string of the molecule is CCOc1ccc(OCCCCCN2CCN(c3nccs3)CC2)cc1. The van der Waals surface area contributed by atoms with Gasteiger partial charge in [0.15, 0.2) is 5.13 Å². The van der Waals surface area contributed by atoms with Crippen molar-refractivity contribution in [2.45, 2.75) is 26.2 Å². The minimum Gasteiger partial charge on any atom is -0.494 e. The molecule has 1 fully saturated rings. The summed E-state index contributed by atoms with van der Waals surface area (Å²) in [6.45, 7) is 9.12. The lowest BCUT2D eigenvalue weighted by atomic mass is 10.2. The third-order valence-corrected chi connectivity index (χ3v) is 5.42. The molecule has 0 spiro atoms. The molecule has 3 rings (SSSR count). The van der Waals surface area contributed by atoms with Gasteiger partial charge in [0.05, 0.1) is 13.2 Å². The monoisotopic (exact) mass is 375 g/mol. The van der Waals surface area contributed by atoms with E-state index in [4.69, 9.17) is 9.47 Å². The van der Waals surface area contributed by atoms with Crippen molar-refractivity contribution < 1.29 is 9.47 Å². The Labute approximate surface area is 160 Å². The van der Waals surface area contributed by atoms with Crippen molar-refractivity contribution in [2.75, 3.05) is 50.8 Å². The smallest absolute Gasteiger partial charge is 0.185 e. The molecule has 0 bridgehead atoms. The van der Waals surface area contributed by atoms with E-state index in [9.17, 15) is 0 Å². The van der Waals surface area contributed by atoms with E-state index >= 15 is 0 Å². The van der Waals surface area contributed by atoms with Gasteiger partial charge in [-0.2, -0.15) is 0 Å². The van der Waals surface area contributed by atoms with Crippen LogP contribution >= 0.6 is 11.3 Å². The number of thiazole rings is 1. The van der Waals surface area contributed by atoms with Gasteiger partial charge in [-0.25, -0.2) is 4.98 Å². The van der Waals surface area contributed by atoms with Gasteiger partial charge in [0, 0.05) is 37.8 Å². The Hall–Kier alpha value is -1.79. The zero-order chi connectivity index (χ0) is 18.0. The molecule has 142 valence electrons. The van der Waals surface area contributed by atoms with Gasteiger partial charge in [-0.05, 0) is 57.0 Å². The molecule has 1 aliphatic rings. The summed E-state index contributed by atoms with van der Waals surface area (Å²) in [7, 11) is 0. The third kappa shape index (κ3) is 5.88. The molecule has 5 nitrogen and oxygen atoms in total. The molecule has 0 amide bonds. The molecule has 0 saturated carbocycles. The second-order valence-corrected chi connectivity index (χ2v) is 7.33. The normalized spacial score (nSPS) is 15.2. The lowest BCUT2D eigenvalue weighted by Gasteiger charge is -2.34. The molecule has 0 aliphatic carbocycles. The van der Waals surface area contributed by atoms with Gasteiger partial charge in [0.2, 0.25) is 0 Å². The highest BCUT2D eigenvalue weighted by molar-refractivity contribution is 7.13. The number of rotatable bonds is 10. The Morgan fingerprint density at radius 1 is 0.962 bits per heavy atom. The fourth-order valence-electron chi connectivity index (χ4n) is 3.14. The highest BCUT2D eigenvalue weighted by atomic mass is 32.1. The van der Waals surface area contributed by atoms with Crippen LogP contribution in [0.1, 0.15) is 26.2 Å². The first-order valence-electron chi connectivity index (χ1n) is 9.57. The fourth-order valence-corrected chi connectivity index (χ4v) is 3.83. The quantitative estimate of drug-likeness (QED) is 0.589. The number of aromatic nitrogens is 1. The Bertz CT molecular complexity index is 610. The van der Waals surface area contributed by atoms with Gasteiger partial charge >= 0.3 is 0 Å². The van der Waals surface area contributed by atoms with Crippen molar-refractivity contribution in [2.24, 2.45) is 0 Å². The van der Waals surface area contributed by atoms with Crippen LogP contribution in [-0.4, -0.2) is 55.8 Å². The van der Waals surface area contributed by atoms with Gasteiger partial charge in [-0.1, -0.05) is 0 Å². The summed E-state index contributed by atoms with van der Waals surface area (Å²) in [4.78, 5) is 9.37. The summed E-state index contributed by atoms with van der Waals surface area (Å²) >= 11 is 1.73. The molecule has 0 unspecified atom stereocenters. The Kier molecular flexibility index (Phi) is 7.58. The minimum atomic E-state index is 0.695. The van der Waals surface area contributed by atoms with E-state index in [1.165, 1.54) is 19.4 Å². The van der Waals surface area contributed by atoms with Crippen LogP contribution in [0, 0.1) is 0 Å². The first-order valence-corrected chi connectivity index (χ1v) is 10.5. The number of piperazine rings is 1. The molecule has 2 heterocycles. The molecular formula is C20H29N3O2S. The van der Waals surface area contributed by atoms with E-state index in [-0.39, 0.29) is 0 Å². The number of hydrogen-bond acceptors (Lipinski definition) is 6. The van der Waals surface area contributed by atoms with Crippen LogP contribution < -0.4 is 14.4 Å². The molecule has 26 heavy (non-hydrogen) atoms. The van der Waals surface area contributed by atoms with Crippen LogP contribution in [0.3, 0.4) is 0 Å². The van der Waals surface area contributed by atoms with Crippen LogP contribution in [0.25, 0.3) is 0 Å². The molecule has 1 aromatic heterocycles. The summed E-state index contributed by atoms with van der Waals surface area (Å²) < 4.78 is 11.2. The van der Waals surface area contributed by atoms with Gasteiger partial charge in [-0.3, -0.25) is 4.90 Å². The maximum atomic E-state index is 5.80. The summed E-state index contributed by atoms with van der Waals surface area (Å²) in [5, 5.41) is 3.22. The van der Waals surface area contributed by atoms with Crippen molar-refractivity contribution >= 4 is 16.5 Å². The van der Waals surface area contributed by atoms with E-state index in [1.807, 2.05) is 37.4 Å². The molecule has 0 radical (unpaired) electrons. The summed E-state index contributed by atoms with van der Waals surface area (Å²) in [6, 6.07) is 7.88. The molecule has 1 saturated heterocycles. The molecule has 0 N–H and O–H groups in total. The zero-order valence-electron chi connectivity index (χ0n) is 15.6. The van der Waals surface area contributed by atoms with Gasteiger partial charge in [0.1, 0.15) is 11.5 Å². The average molecular weight is 376 g/mol. The van der Waals surface area contributed by atoms with Crippen molar-refractivity contribution in [1.82, 2.24) is 9.88 Å². The predicted octanol–water partition coefficient (Wildman–Crippen LogP) is 3.91. The van der Waals surface area contributed by atoms with Gasteiger partial charge in [0.25, 0.3) is 0 Å². The first kappa shape index (κ1) is 19.0. The standard InChI is InChI=1S/C20H29N3O2S/c1-2-24-18-6-8-19(9-7-18)25-16-5-3-4-11-22-12-14-23(15-13-22)20-21-10-17-26-20/h6-10,17H,2-5,11-16H2,1H3. The number of nitrogens with zero attached hydrogens (tertiary/aromatic N) is 3. The lowest BCUT2D eigenvalue weighted by Crippen LogP contribution is -2.46. The van der Waals surface area contributed by atoms with Crippen LogP contribution in [0.5, 0.6) is 11.5 Å². The maximum absolute atomic E-state index is 5.80. The number of ether oxygens (including phenoxy) is 2. The fraction of sp³-hybridized carbons (Fsp3) is 0.550. The highest BCUT2D eigenvalue weighted by Crippen LogP contribution is 2.19. The third-order valence-electron chi connectivity index (χ3n) is 4.58. The van der Waals surface area contributed by atoms with E-state index in [0.717, 1.165) is 55.8 Å². The van der Waals surface area contributed by atoms with Crippen molar-refractivity contribution in [3.05, 3.63) is 35.8 Å². The van der Waals surface area contributed by atoms with E-state index in [1.54, 1.807) is 11.3 Å². The topological polar surface area (TPSA) is 37.8 Å². The number of hydrogen-bond donors (Lipinski definition) is 0. The Morgan fingerprint density at radius 2 is 1.69 bits per heavy atom. The van der Waals surface area contributed by atoms with Crippen LogP contribution in [0.15, 0.2) is 35.8 Å². The molecule has 6 heteroatoms. The van der Waals surface area contributed by atoms with Gasteiger partial charge in [-0.15, -0.1) is 11.3 Å². The Balaban J connectivity index is 1.22. The summed E-state index contributed by atoms with van der Waals surface area (Å²) in [5.74, 6) is 1.82. The molecule has 1 aliphatic heterocycles. The second kappa shape index (κ2) is 10.4. The first-order chi connectivity index (χ1) is 12.8. The van der Waals surface area contributed by atoms with E-state index in [0.29, 0.717) is 6.61 Å². The lowest BCUT2D eigenvalue weighted by molar-refractivity contribution is 0.246. The van der Waals surface area contributed by atoms with Gasteiger partial charge < -0.3 is 14.4 Å². The van der Waals surface area contributed by atoms with Crippen LogP contribution in [-0.2, 0) is 0 Å². The molecule has 1 aromatic carbocycles. The maximum Gasteiger partial charge on any atom is 0.185 e. The largest absolute Gasteiger partial charge is 0.494 e. The molecule has 2 aromatic rings. The zero-order valence-corrected chi connectivity index (χ0v) is 16.4. The predicted molar refractivity (Wildman–Crippen MR) is 108 cm³/mol. The highest BCUT2D eigenvalue weighted by Gasteiger charge is 2.17. The average Bonchev–Trinajstić information content (AvgIpc) is 3.21. The number of unbranched alkanes of at least 4 members (excludes halogenated alkanes) is 2. The number of anilines is 1. The van der Waals surface area contributed by atoms with E-state index < -0.39 is 0 Å². The van der Waals surface area contributed by atoms with Crippen LogP contribution in [0.4, 0.5) is 5.13 Å². The Morgan fingerprint density at radius 3 is 2.35 bits per heavy atom. The summed E-state index contributed by atoms with van der Waals surface area (Å²) in [6.07, 6.45) is 5.45. The van der Waals surface area contributed by atoms with Crippen molar-refractivity contribution in [3.63, 3.8) is 0 Å². The molecule has 0 atom stereocenters. The van der Waals surface area contributed by atoms with Crippen molar-refractivity contribution in [3.8, 4) is 11.5 Å². The van der Waals surface area contributed by atoms with Crippen molar-refractivity contribution in [1.29, 1.82) is 0 Å².